The summed E-state index contributed by atoms with van der Waals surface area (Å²) in [6, 6.07) is 71.8. The molecule has 10 aromatic rings. The maximum atomic E-state index is 2.92. The lowest BCUT2D eigenvalue weighted by atomic mass is 9.33. The Balaban J connectivity index is 1.08. The lowest BCUT2D eigenvalue weighted by molar-refractivity contribution is 0.195. The highest BCUT2D eigenvalue weighted by atomic mass is 32.1. The van der Waals surface area contributed by atoms with E-state index in [9.17, 15) is 0 Å². The first kappa shape index (κ1) is 52.5. The summed E-state index contributed by atoms with van der Waals surface area (Å²) in [6.07, 6.45) is 7.09. The second-order valence-corrected chi connectivity index (χ2v) is 30.1. The topological polar surface area (TPSA) is 9.72 Å². The van der Waals surface area contributed by atoms with Gasteiger partial charge in [-0.25, -0.2) is 0 Å². The first-order valence-corrected chi connectivity index (χ1v) is 31.7. The van der Waals surface area contributed by atoms with Crippen LogP contribution >= 0.6 is 11.3 Å². The van der Waals surface area contributed by atoms with E-state index in [-0.39, 0.29) is 39.3 Å². The minimum Gasteiger partial charge on any atom is -0.335 e. The summed E-state index contributed by atoms with van der Waals surface area (Å²) in [5, 5.41) is 2.66. The molecule has 414 valence electrons. The van der Waals surface area contributed by atoms with Gasteiger partial charge in [-0.15, -0.1) is 11.3 Å². The quantitative estimate of drug-likeness (QED) is 0.154. The maximum absolute atomic E-state index is 2.92. The Morgan fingerprint density at radius 2 is 1.06 bits per heavy atom. The van der Waals surface area contributed by atoms with Gasteiger partial charge in [-0.05, 0) is 182 Å². The zero-order valence-electron chi connectivity index (χ0n) is 50.9. The van der Waals surface area contributed by atoms with Gasteiger partial charge in [-0.2, -0.15) is 0 Å². The summed E-state index contributed by atoms with van der Waals surface area (Å²) in [4.78, 5) is 8.21. The van der Waals surface area contributed by atoms with Crippen molar-refractivity contribution in [2.75, 3.05) is 14.7 Å². The Morgan fingerprint density at radius 1 is 0.458 bits per heavy atom. The van der Waals surface area contributed by atoms with Gasteiger partial charge in [0.2, 0.25) is 0 Å². The zero-order chi connectivity index (χ0) is 57.3. The monoisotopic (exact) mass is 1100 g/mol. The van der Waals surface area contributed by atoms with Crippen LogP contribution in [0, 0.1) is 0 Å². The predicted octanol–water partition coefficient (Wildman–Crippen LogP) is 20.2. The van der Waals surface area contributed by atoms with Crippen LogP contribution < -0.4 is 31.1 Å². The molecule has 0 saturated heterocycles. The normalized spacial score (nSPS) is 20.0. The van der Waals surface area contributed by atoms with Gasteiger partial charge in [-0.3, -0.25) is 0 Å². The third-order valence-corrected chi connectivity index (χ3v) is 22.4. The molecule has 0 bridgehead atoms. The first-order chi connectivity index (χ1) is 39.6. The van der Waals surface area contributed by atoms with Crippen molar-refractivity contribution in [1.82, 2.24) is 0 Å². The third kappa shape index (κ3) is 7.74. The van der Waals surface area contributed by atoms with E-state index in [0.29, 0.717) is 0 Å². The number of nitrogens with zero attached hydrogens (tertiary/aromatic N) is 3. The highest BCUT2D eigenvalue weighted by Gasteiger charge is 2.61. The molecule has 15 rings (SSSR count). The van der Waals surface area contributed by atoms with Crippen LogP contribution in [0.4, 0.5) is 45.5 Å². The van der Waals surface area contributed by atoms with E-state index in [2.05, 4.69) is 280 Å². The summed E-state index contributed by atoms with van der Waals surface area (Å²) in [6.45, 7) is 29.1. The Labute approximate surface area is 498 Å². The second kappa shape index (κ2) is 18.1. The van der Waals surface area contributed by atoms with E-state index in [1.54, 1.807) is 0 Å². The Kier molecular flexibility index (Phi) is 11.4. The number of para-hydroxylation sites is 1. The van der Waals surface area contributed by atoms with Crippen LogP contribution in [0.5, 0.6) is 0 Å². The molecule has 1 aromatic heterocycles. The van der Waals surface area contributed by atoms with Crippen LogP contribution in [0.15, 0.2) is 182 Å². The third-order valence-electron chi connectivity index (χ3n) is 21.2. The number of benzene rings is 9. The molecule has 0 radical (unpaired) electrons. The second-order valence-electron chi connectivity index (χ2n) is 29.1. The lowest BCUT2D eigenvalue weighted by Gasteiger charge is -2.53. The van der Waals surface area contributed by atoms with Crippen molar-refractivity contribution in [3.05, 3.63) is 210 Å². The van der Waals surface area contributed by atoms with Gasteiger partial charge in [-0.1, -0.05) is 204 Å². The van der Waals surface area contributed by atoms with Gasteiger partial charge in [0.25, 0.3) is 6.71 Å². The fraction of sp³-hybridized carbons (Fsp3) is 0.308. The van der Waals surface area contributed by atoms with Crippen LogP contribution in [0.1, 0.15) is 149 Å². The summed E-state index contributed by atoms with van der Waals surface area (Å²) < 4.78 is 2.68. The van der Waals surface area contributed by atoms with Crippen molar-refractivity contribution in [2.45, 2.75) is 154 Å². The SMILES string of the molecule is CC(C)(C)c1ccc(N(c2ccc(C(C)(C)C)cc2)c2ccc3c(c2)N(c2cc4c(cc2-c2ccccc2)C(C)(C)CCC4(C)C)c2cc(-c4cccc5c4sc4ccccc45)cc4c2B3c2cccc3c2N4C2(C)CCCCC32C)cc1. The van der Waals surface area contributed by atoms with Gasteiger partial charge in [0, 0.05) is 71.0 Å². The molecule has 2 aliphatic carbocycles. The number of hydrogen-bond acceptors (Lipinski definition) is 4. The fourth-order valence-corrected chi connectivity index (χ4v) is 17.3. The number of rotatable bonds is 6. The molecule has 83 heavy (non-hydrogen) atoms. The molecule has 5 heteroatoms. The van der Waals surface area contributed by atoms with E-state index >= 15 is 0 Å². The van der Waals surface area contributed by atoms with Crippen LogP contribution in [0.3, 0.4) is 0 Å². The zero-order valence-corrected chi connectivity index (χ0v) is 51.7. The van der Waals surface area contributed by atoms with Crippen molar-refractivity contribution in [2.24, 2.45) is 0 Å². The van der Waals surface area contributed by atoms with Crippen LogP contribution in [-0.4, -0.2) is 12.3 Å². The average Bonchev–Trinajstić information content (AvgIpc) is 1.61. The van der Waals surface area contributed by atoms with Crippen molar-refractivity contribution >= 4 is 100 Å². The van der Waals surface area contributed by atoms with Gasteiger partial charge >= 0.3 is 0 Å². The lowest BCUT2D eigenvalue weighted by Crippen LogP contribution is -2.64. The van der Waals surface area contributed by atoms with Gasteiger partial charge in [0.15, 0.2) is 0 Å². The van der Waals surface area contributed by atoms with E-state index in [1.807, 2.05) is 11.3 Å². The van der Waals surface area contributed by atoms with Crippen molar-refractivity contribution in [3.63, 3.8) is 0 Å². The largest absolute Gasteiger partial charge is 0.335 e. The molecule has 4 heterocycles. The summed E-state index contributed by atoms with van der Waals surface area (Å²) >= 11 is 1.94. The smallest absolute Gasteiger partial charge is 0.252 e. The average molecular weight is 1100 g/mol. The molecule has 1 fully saturated rings. The predicted molar refractivity (Wildman–Crippen MR) is 360 cm³/mol. The van der Waals surface area contributed by atoms with E-state index in [1.165, 1.54) is 134 Å². The number of hydrogen-bond donors (Lipinski definition) is 0. The van der Waals surface area contributed by atoms with Crippen LogP contribution in [0.2, 0.25) is 0 Å². The fourth-order valence-electron chi connectivity index (χ4n) is 16.1. The molecule has 5 aliphatic rings. The molecule has 1 saturated carbocycles. The van der Waals surface area contributed by atoms with Crippen molar-refractivity contribution < 1.29 is 0 Å². The molecule has 9 aromatic carbocycles. The highest BCUT2D eigenvalue weighted by Crippen LogP contribution is 2.63. The van der Waals surface area contributed by atoms with Gasteiger partial charge in [0.05, 0.1) is 11.2 Å². The Morgan fingerprint density at radius 3 is 1.75 bits per heavy atom. The van der Waals surface area contributed by atoms with Gasteiger partial charge < -0.3 is 14.7 Å². The van der Waals surface area contributed by atoms with Crippen molar-refractivity contribution in [1.29, 1.82) is 0 Å². The molecule has 2 unspecified atom stereocenters. The summed E-state index contributed by atoms with van der Waals surface area (Å²) in [5.41, 5.74) is 26.3. The maximum Gasteiger partial charge on any atom is 0.252 e. The van der Waals surface area contributed by atoms with E-state index in [4.69, 9.17) is 0 Å². The summed E-state index contributed by atoms with van der Waals surface area (Å²) in [7, 11) is 0. The molecular weight excluding hydrogens is 1020 g/mol. The standard InChI is InChI=1S/C78H78BN3S/c1-73(2,3)51-30-34-53(35-31-51)80(54-36-32-52(33-37-54)74(4,5)6)55-38-39-63-66(46-55)81(65-48-62-61(75(7,8)42-43-76(62,9)10)47-59(65)49-22-14-13-15-23-49)67-44-50(56-25-20-26-58-57-24-16-17-29-69(57)83-72(56)58)45-68-70(67)79(63)64-28-21-27-60-71(64)82(68)78(12)41-19-18-40-77(60,78)11/h13-17,20-39,44-48H,18-19,40-43H2,1-12H3. The number of anilines is 8. The first-order valence-electron chi connectivity index (χ1n) is 30.9. The minimum absolute atomic E-state index is 0.00761. The Hall–Kier alpha value is -7.34. The van der Waals surface area contributed by atoms with Gasteiger partial charge in [0.1, 0.15) is 0 Å². The molecule has 2 atom stereocenters. The molecule has 0 spiro atoms. The highest BCUT2D eigenvalue weighted by molar-refractivity contribution is 7.26. The summed E-state index contributed by atoms with van der Waals surface area (Å²) in [5.74, 6) is 0. The van der Waals surface area contributed by atoms with Crippen LogP contribution in [0.25, 0.3) is 42.4 Å². The van der Waals surface area contributed by atoms with E-state index < -0.39 is 0 Å². The Bertz CT molecular complexity index is 4230. The molecular formula is C78H78BN3S. The number of fused-ring (bicyclic) bond motifs is 11. The molecule has 0 N–H and O–H groups in total. The van der Waals surface area contributed by atoms with E-state index in [0.717, 1.165) is 36.3 Å². The molecule has 3 aliphatic heterocycles. The number of thiophene rings is 1. The minimum atomic E-state index is -0.123. The van der Waals surface area contributed by atoms with Crippen LogP contribution in [-0.2, 0) is 27.1 Å². The molecule has 3 nitrogen and oxygen atoms in total. The molecule has 0 amide bonds. The van der Waals surface area contributed by atoms with Crippen molar-refractivity contribution in [3.8, 4) is 22.3 Å².